The number of benzene rings is 1. The van der Waals surface area contributed by atoms with E-state index in [0.717, 1.165) is 0 Å². The van der Waals surface area contributed by atoms with Gasteiger partial charge in [-0.3, -0.25) is 9.59 Å². The molecule has 0 saturated carbocycles. The Hall–Kier alpha value is -2.97. The van der Waals surface area contributed by atoms with Gasteiger partial charge in [0.2, 0.25) is 11.8 Å². The first-order chi connectivity index (χ1) is 14.6. The second-order valence-electron chi connectivity index (χ2n) is 8.86. The molecule has 0 bridgehead atoms. The van der Waals surface area contributed by atoms with Crippen molar-refractivity contribution in [2.24, 2.45) is 5.92 Å². The number of likely N-dealkylation sites (tertiary alicyclic amines) is 1. The molecule has 0 radical (unpaired) electrons. The zero-order valence-corrected chi connectivity index (χ0v) is 18.8. The highest BCUT2D eigenvalue weighted by Crippen LogP contribution is 2.34. The van der Waals surface area contributed by atoms with Crippen molar-refractivity contribution in [2.45, 2.75) is 45.3 Å². The summed E-state index contributed by atoms with van der Waals surface area (Å²) >= 11 is 0. The van der Waals surface area contributed by atoms with Crippen LogP contribution in [-0.4, -0.2) is 68.3 Å². The second-order valence-corrected chi connectivity index (χ2v) is 8.86. The van der Waals surface area contributed by atoms with Gasteiger partial charge >= 0.3 is 6.09 Å². The monoisotopic (exact) mass is 433 g/mol. The van der Waals surface area contributed by atoms with Crippen molar-refractivity contribution in [1.29, 1.82) is 0 Å². The number of alkyl carbamates (subject to hydrolysis) is 1. The molecule has 1 aromatic carbocycles. The van der Waals surface area contributed by atoms with Crippen LogP contribution in [0, 0.1) is 5.92 Å². The number of hydrogen-bond acceptors (Lipinski definition) is 6. The van der Waals surface area contributed by atoms with Gasteiger partial charge < -0.3 is 29.3 Å². The number of rotatable bonds is 5. The minimum Gasteiger partial charge on any atom is -0.493 e. The van der Waals surface area contributed by atoms with Crippen LogP contribution in [0.2, 0.25) is 0 Å². The molecular formula is C22H31N3O6. The number of anilines is 1. The normalized spacial score (nSPS) is 21.3. The van der Waals surface area contributed by atoms with E-state index in [0.29, 0.717) is 43.2 Å². The predicted molar refractivity (Wildman–Crippen MR) is 114 cm³/mol. The van der Waals surface area contributed by atoms with E-state index in [9.17, 15) is 14.4 Å². The van der Waals surface area contributed by atoms with Crippen LogP contribution in [0.4, 0.5) is 10.5 Å². The highest BCUT2D eigenvalue weighted by atomic mass is 16.6. The summed E-state index contributed by atoms with van der Waals surface area (Å²) in [6.45, 7) is 6.68. The Balaban J connectivity index is 1.59. The molecule has 9 heteroatoms. The van der Waals surface area contributed by atoms with E-state index in [1.807, 2.05) is 0 Å². The topological polar surface area (TPSA) is 97.4 Å². The number of nitrogens with one attached hydrogen (secondary N) is 1. The number of hydrogen-bond donors (Lipinski definition) is 1. The van der Waals surface area contributed by atoms with E-state index in [1.165, 1.54) is 7.11 Å². The van der Waals surface area contributed by atoms with Crippen LogP contribution in [0.3, 0.4) is 0 Å². The maximum Gasteiger partial charge on any atom is 0.407 e. The van der Waals surface area contributed by atoms with Crippen LogP contribution >= 0.6 is 0 Å². The van der Waals surface area contributed by atoms with Crippen LogP contribution in [-0.2, 0) is 14.3 Å². The first-order valence-electron chi connectivity index (χ1n) is 10.4. The fourth-order valence-corrected chi connectivity index (χ4v) is 3.93. The summed E-state index contributed by atoms with van der Waals surface area (Å²) in [5, 5.41) is 2.82. The Labute approximate surface area is 182 Å². The molecule has 9 nitrogen and oxygen atoms in total. The highest BCUT2D eigenvalue weighted by Gasteiger charge is 2.39. The summed E-state index contributed by atoms with van der Waals surface area (Å²) in [5.74, 6) is 0.517. The first-order valence-corrected chi connectivity index (χ1v) is 10.4. The van der Waals surface area contributed by atoms with Gasteiger partial charge in [-0.2, -0.15) is 0 Å². The van der Waals surface area contributed by atoms with Gasteiger partial charge in [0.15, 0.2) is 11.5 Å². The van der Waals surface area contributed by atoms with E-state index in [4.69, 9.17) is 14.2 Å². The van der Waals surface area contributed by atoms with Gasteiger partial charge in [-0.15, -0.1) is 0 Å². The van der Waals surface area contributed by atoms with Crippen LogP contribution < -0.4 is 19.7 Å². The summed E-state index contributed by atoms with van der Waals surface area (Å²) in [5.41, 5.74) is 0.0968. The van der Waals surface area contributed by atoms with Crippen molar-refractivity contribution in [3.05, 3.63) is 18.2 Å². The summed E-state index contributed by atoms with van der Waals surface area (Å²) in [4.78, 5) is 40.9. The van der Waals surface area contributed by atoms with E-state index < -0.39 is 17.6 Å². The molecule has 170 valence electrons. The third kappa shape index (κ3) is 5.39. The smallest absolute Gasteiger partial charge is 0.407 e. The SMILES string of the molecule is COc1ccc(N2C[C@@H](C(=O)N3CC[C@H](NC(=O)OC(C)(C)C)C3)CC2=O)cc1OC. The lowest BCUT2D eigenvalue weighted by atomic mass is 10.1. The molecule has 1 N–H and O–H groups in total. The van der Waals surface area contributed by atoms with Crippen molar-refractivity contribution in [3.63, 3.8) is 0 Å². The summed E-state index contributed by atoms with van der Waals surface area (Å²) in [6, 6.07) is 5.10. The number of methoxy groups -OCH3 is 2. The van der Waals surface area contributed by atoms with Crippen molar-refractivity contribution in [1.82, 2.24) is 10.2 Å². The number of amides is 3. The third-order valence-electron chi connectivity index (χ3n) is 5.37. The lowest BCUT2D eigenvalue weighted by Crippen LogP contribution is -2.42. The Kier molecular flexibility index (Phi) is 6.62. The fourth-order valence-electron chi connectivity index (χ4n) is 3.93. The highest BCUT2D eigenvalue weighted by molar-refractivity contribution is 6.00. The molecule has 3 rings (SSSR count). The van der Waals surface area contributed by atoms with E-state index in [1.54, 1.807) is 55.9 Å². The third-order valence-corrected chi connectivity index (χ3v) is 5.37. The van der Waals surface area contributed by atoms with Crippen LogP contribution in [0.5, 0.6) is 11.5 Å². The number of nitrogens with zero attached hydrogens (tertiary/aromatic N) is 2. The van der Waals surface area contributed by atoms with Gasteiger partial charge in [0, 0.05) is 37.8 Å². The summed E-state index contributed by atoms with van der Waals surface area (Å²) in [6.07, 6.45) is 0.335. The molecule has 0 unspecified atom stereocenters. The fraction of sp³-hybridized carbons (Fsp3) is 0.591. The predicted octanol–water partition coefficient (Wildman–Crippen LogP) is 2.18. The van der Waals surface area contributed by atoms with E-state index in [2.05, 4.69) is 5.32 Å². The van der Waals surface area contributed by atoms with Gasteiger partial charge in [0.1, 0.15) is 5.60 Å². The average Bonchev–Trinajstić information content (AvgIpc) is 3.32. The van der Waals surface area contributed by atoms with Gasteiger partial charge in [-0.1, -0.05) is 0 Å². The van der Waals surface area contributed by atoms with Crippen LogP contribution in [0.15, 0.2) is 18.2 Å². The molecule has 2 saturated heterocycles. The molecule has 2 heterocycles. The molecule has 0 spiro atoms. The molecule has 1 aromatic rings. The largest absolute Gasteiger partial charge is 0.493 e. The van der Waals surface area contributed by atoms with Gasteiger partial charge in [0.05, 0.1) is 26.2 Å². The lowest BCUT2D eigenvalue weighted by molar-refractivity contribution is -0.134. The molecule has 2 fully saturated rings. The first kappa shape index (κ1) is 22.7. The molecule has 2 aliphatic rings. The lowest BCUT2D eigenvalue weighted by Gasteiger charge is -2.23. The molecule has 2 atom stereocenters. The van der Waals surface area contributed by atoms with Crippen molar-refractivity contribution >= 4 is 23.6 Å². The van der Waals surface area contributed by atoms with Gasteiger partial charge in [-0.05, 0) is 39.3 Å². The Morgan fingerprint density at radius 3 is 2.45 bits per heavy atom. The van der Waals surface area contributed by atoms with Crippen molar-refractivity contribution in [3.8, 4) is 11.5 Å². The van der Waals surface area contributed by atoms with Crippen LogP contribution in [0.25, 0.3) is 0 Å². The molecule has 3 amide bonds. The zero-order valence-electron chi connectivity index (χ0n) is 18.8. The molecule has 0 aliphatic carbocycles. The van der Waals surface area contributed by atoms with E-state index >= 15 is 0 Å². The molecule has 31 heavy (non-hydrogen) atoms. The second kappa shape index (κ2) is 9.03. The minimum absolute atomic E-state index is 0.0650. The maximum atomic E-state index is 13.0. The summed E-state index contributed by atoms with van der Waals surface area (Å²) < 4.78 is 15.8. The summed E-state index contributed by atoms with van der Waals surface area (Å²) in [7, 11) is 3.09. The quantitative estimate of drug-likeness (QED) is 0.765. The van der Waals surface area contributed by atoms with E-state index in [-0.39, 0.29) is 24.3 Å². The minimum atomic E-state index is -0.573. The van der Waals surface area contributed by atoms with Crippen molar-refractivity contribution in [2.75, 3.05) is 38.8 Å². The molecule has 0 aromatic heterocycles. The van der Waals surface area contributed by atoms with Crippen LogP contribution in [0.1, 0.15) is 33.6 Å². The van der Waals surface area contributed by atoms with Gasteiger partial charge in [0.25, 0.3) is 0 Å². The Morgan fingerprint density at radius 2 is 1.81 bits per heavy atom. The van der Waals surface area contributed by atoms with Gasteiger partial charge in [-0.25, -0.2) is 4.79 Å². The number of ether oxygens (including phenoxy) is 3. The number of carbonyl (C=O) groups is 3. The number of carbonyl (C=O) groups excluding carboxylic acids is 3. The average molecular weight is 434 g/mol. The standard InChI is InChI=1S/C22H31N3O6/c1-22(2,3)31-21(28)23-15-8-9-24(13-15)20(27)14-10-19(26)25(12-14)16-6-7-17(29-4)18(11-16)30-5/h6-7,11,14-15H,8-10,12-13H2,1-5H3,(H,23,28)/t14-,15-/m0/s1. The Bertz CT molecular complexity index is 850. The van der Waals surface area contributed by atoms with Crippen molar-refractivity contribution < 1.29 is 28.6 Å². The zero-order chi connectivity index (χ0) is 22.8. The Morgan fingerprint density at radius 1 is 1.10 bits per heavy atom. The molecular weight excluding hydrogens is 402 g/mol. The molecule has 2 aliphatic heterocycles. The maximum absolute atomic E-state index is 13.0.